The Labute approximate surface area is 164 Å². The van der Waals surface area contributed by atoms with Crippen molar-refractivity contribution in [1.29, 1.82) is 0 Å². The average molecular weight is 457 g/mol. The molecule has 23 heavy (non-hydrogen) atoms. The van der Waals surface area contributed by atoms with E-state index in [1.54, 1.807) is 0 Å². The molecule has 2 atom stereocenters. The van der Waals surface area contributed by atoms with Crippen molar-refractivity contribution >= 4 is 41.7 Å². The molecule has 1 aliphatic rings. The van der Waals surface area contributed by atoms with Gasteiger partial charge in [0.15, 0.2) is 5.96 Å². The third kappa shape index (κ3) is 9.39. The highest BCUT2D eigenvalue weighted by Crippen LogP contribution is 2.34. The van der Waals surface area contributed by atoms with Crippen molar-refractivity contribution in [3.05, 3.63) is 0 Å². The number of hydrogen-bond donors (Lipinski definition) is 2. The number of nitrogens with zero attached hydrogens (tertiary/aromatic N) is 1. The fourth-order valence-corrected chi connectivity index (χ4v) is 3.39. The summed E-state index contributed by atoms with van der Waals surface area (Å²) in [4.78, 5) is 4.81. The Hall–Kier alpha value is 0.310. The summed E-state index contributed by atoms with van der Waals surface area (Å²) in [5.74, 6) is 2.66. The number of guanidine groups is 1. The van der Waals surface area contributed by atoms with Gasteiger partial charge in [-0.05, 0) is 43.6 Å². The molecule has 0 radical (unpaired) electrons. The van der Waals surface area contributed by atoms with Crippen molar-refractivity contribution in [1.82, 2.24) is 10.6 Å². The molecule has 6 heteroatoms. The van der Waals surface area contributed by atoms with Crippen LogP contribution in [-0.2, 0) is 4.74 Å². The normalized spacial score (nSPS) is 22.4. The molecule has 138 valence electrons. The van der Waals surface area contributed by atoms with Crippen LogP contribution in [0.2, 0.25) is 0 Å². The Balaban J connectivity index is 0.00000484. The Morgan fingerprint density at radius 2 is 2.04 bits per heavy atom. The van der Waals surface area contributed by atoms with Crippen LogP contribution in [0.5, 0.6) is 0 Å². The molecule has 0 saturated carbocycles. The van der Waals surface area contributed by atoms with E-state index in [2.05, 4.69) is 44.6 Å². The maximum Gasteiger partial charge on any atom is 0.191 e. The van der Waals surface area contributed by atoms with Crippen LogP contribution < -0.4 is 10.6 Å². The SMILES string of the molecule is CCNC(=NCC1CCCOC1C(C)(C)C)NCCCSC.I. The van der Waals surface area contributed by atoms with Crippen molar-refractivity contribution in [2.75, 3.05) is 38.2 Å². The van der Waals surface area contributed by atoms with E-state index in [0.29, 0.717) is 12.0 Å². The third-order valence-corrected chi connectivity index (χ3v) is 4.64. The molecule has 2 unspecified atom stereocenters. The van der Waals surface area contributed by atoms with E-state index in [4.69, 9.17) is 9.73 Å². The van der Waals surface area contributed by atoms with Crippen molar-refractivity contribution in [2.45, 2.75) is 53.1 Å². The molecule has 1 rings (SSSR count). The predicted molar refractivity (Wildman–Crippen MR) is 114 cm³/mol. The zero-order chi connectivity index (χ0) is 16.4. The molecule has 1 saturated heterocycles. The van der Waals surface area contributed by atoms with E-state index in [1.807, 2.05) is 11.8 Å². The van der Waals surface area contributed by atoms with Gasteiger partial charge in [-0.15, -0.1) is 24.0 Å². The highest BCUT2D eigenvalue weighted by Gasteiger charge is 2.35. The molecule has 0 aromatic carbocycles. The van der Waals surface area contributed by atoms with Gasteiger partial charge >= 0.3 is 0 Å². The van der Waals surface area contributed by atoms with Gasteiger partial charge < -0.3 is 15.4 Å². The van der Waals surface area contributed by atoms with Crippen LogP contribution in [0, 0.1) is 11.3 Å². The first-order chi connectivity index (χ1) is 10.5. The molecule has 0 aliphatic carbocycles. The summed E-state index contributed by atoms with van der Waals surface area (Å²) in [6, 6.07) is 0. The summed E-state index contributed by atoms with van der Waals surface area (Å²) in [6.07, 6.45) is 6.00. The fraction of sp³-hybridized carbons (Fsp3) is 0.941. The second-order valence-corrected chi connectivity index (χ2v) is 8.04. The van der Waals surface area contributed by atoms with Crippen molar-refractivity contribution in [2.24, 2.45) is 16.3 Å². The Morgan fingerprint density at radius 3 is 2.65 bits per heavy atom. The molecule has 1 fully saturated rings. The van der Waals surface area contributed by atoms with Gasteiger partial charge in [0.2, 0.25) is 0 Å². The molecule has 0 aromatic rings. The van der Waals surface area contributed by atoms with Gasteiger partial charge in [0.1, 0.15) is 0 Å². The smallest absolute Gasteiger partial charge is 0.191 e. The molecule has 0 bridgehead atoms. The zero-order valence-corrected chi connectivity index (χ0v) is 18.6. The Kier molecular flexibility index (Phi) is 12.8. The quantitative estimate of drug-likeness (QED) is 0.265. The lowest BCUT2D eigenvalue weighted by atomic mass is 9.78. The van der Waals surface area contributed by atoms with Crippen LogP contribution in [0.15, 0.2) is 4.99 Å². The van der Waals surface area contributed by atoms with Crippen molar-refractivity contribution < 1.29 is 4.74 Å². The van der Waals surface area contributed by atoms with Gasteiger partial charge in [-0.25, -0.2) is 0 Å². The largest absolute Gasteiger partial charge is 0.377 e. The molecule has 0 spiro atoms. The Morgan fingerprint density at radius 1 is 1.30 bits per heavy atom. The van der Waals surface area contributed by atoms with Gasteiger partial charge in [-0.2, -0.15) is 11.8 Å². The van der Waals surface area contributed by atoms with Crippen LogP contribution in [0.25, 0.3) is 0 Å². The van der Waals surface area contributed by atoms with Gasteiger partial charge in [0.05, 0.1) is 6.10 Å². The highest BCUT2D eigenvalue weighted by molar-refractivity contribution is 14.0. The molecule has 2 N–H and O–H groups in total. The number of aliphatic imine (C=N–C) groups is 1. The summed E-state index contributed by atoms with van der Waals surface area (Å²) in [6.45, 7) is 12.5. The Bertz CT molecular complexity index is 334. The lowest BCUT2D eigenvalue weighted by molar-refractivity contribution is -0.0823. The highest BCUT2D eigenvalue weighted by atomic mass is 127. The third-order valence-electron chi connectivity index (χ3n) is 3.94. The van der Waals surface area contributed by atoms with E-state index in [1.165, 1.54) is 18.6 Å². The summed E-state index contributed by atoms with van der Waals surface area (Å²) in [5.41, 5.74) is 0.185. The molecule has 4 nitrogen and oxygen atoms in total. The molecule has 1 aliphatic heterocycles. The second-order valence-electron chi connectivity index (χ2n) is 7.05. The molecule has 0 amide bonds. The van der Waals surface area contributed by atoms with Crippen LogP contribution in [0.1, 0.15) is 47.0 Å². The van der Waals surface area contributed by atoms with Crippen LogP contribution >= 0.6 is 35.7 Å². The molecular weight excluding hydrogens is 421 g/mol. The first-order valence-corrected chi connectivity index (χ1v) is 10.0. The number of hydrogen-bond acceptors (Lipinski definition) is 3. The zero-order valence-electron chi connectivity index (χ0n) is 15.5. The van der Waals surface area contributed by atoms with Crippen LogP contribution in [0.4, 0.5) is 0 Å². The number of nitrogens with one attached hydrogen (secondary N) is 2. The van der Waals surface area contributed by atoms with Crippen LogP contribution in [-0.4, -0.2) is 50.3 Å². The molecule has 1 heterocycles. The minimum atomic E-state index is 0. The predicted octanol–water partition coefficient (Wildman–Crippen LogP) is 3.75. The summed E-state index contributed by atoms with van der Waals surface area (Å²) >= 11 is 1.89. The minimum absolute atomic E-state index is 0. The summed E-state index contributed by atoms with van der Waals surface area (Å²) in [5, 5.41) is 6.78. The summed E-state index contributed by atoms with van der Waals surface area (Å²) in [7, 11) is 0. The summed E-state index contributed by atoms with van der Waals surface area (Å²) < 4.78 is 6.05. The fourth-order valence-electron chi connectivity index (χ4n) is 2.96. The second kappa shape index (κ2) is 12.6. The van der Waals surface area contributed by atoms with Gasteiger partial charge in [0.25, 0.3) is 0 Å². The van der Waals surface area contributed by atoms with Gasteiger partial charge in [0, 0.05) is 32.2 Å². The van der Waals surface area contributed by atoms with E-state index in [9.17, 15) is 0 Å². The number of ether oxygens (including phenoxy) is 1. The van der Waals surface area contributed by atoms with E-state index in [0.717, 1.165) is 38.6 Å². The van der Waals surface area contributed by atoms with E-state index in [-0.39, 0.29) is 29.4 Å². The number of halogens is 1. The first-order valence-electron chi connectivity index (χ1n) is 8.61. The van der Waals surface area contributed by atoms with Crippen LogP contribution in [0.3, 0.4) is 0 Å². The topological polar surface area (TPSA) is 45.7 Å². The lowest BCUT2D eigenvalue weighted by Gasteiger charge is -2.39. The van der Waals surface area contributed by atoms with Gasteiger partial charge in [-0.1, -0.05) is 20.8 Å². The van der Waals surface area contributed by atoms with Gasteiger partial charge in [-0.3, -0.25) is 4.99 Å². The van der Waals surface area contributed by atoms with Crippen molar-refractivity contribution in [3.8, 4) is 0 Å². The number of rotatable bonds is 7. The number of thioether (sulfide) groups is 1. The maximum atomic E-state index is 6.05. The first kappa shape index (κ1) is 23.3. The maximum absolute atomic E-state index is 6.05. The lowest BCUT2D eigenvalue weighted by Crippen LogP contribution is -2.43. The monoisotopic (exact) mass is 457 g/mol. The van der Waals surface area contributed by atoms with Crippen molar-refractivity contribution in [3.63, 3.8) is 0 Å². The molecule has 0 aromatic heterocycles. The standard InChI is InChI=1S/C17H35N3OS.HI/c1-6-18-16(19-10-8-12-22-5)20-13-14-9-7-11-21-15(14)17(2,3)4;/h14-15H,6-13H2,1-5H3,(H2,18,19,20);1H. The van der Waals surface area contributed by atoms with E-state index >= 15 is 0 Å². The average Bonchev–Trinajstić information content (AvgIpc) is 2.48. The molecular formula is C17H36IN3OS. The minimum Gasteiger partial charge on any atom is -0.377 e. The van der Waals surface area contributed by atoms with E-state index < -0.39 is 0 Å².